The van der Waals surface area contributed by atoms with Crippen molar-refractivity contribution in [1.82, 2.24) is 4.31 Å². The van der Waals surface area contributed by atoms with Crippen molar-refractivity contribution in [2.45, 2.75) is 30.2 Å². The van der Waals surface area contributed by atoms with Crippen LogP contribution in [0.5, 0.6) is 11.5 Å². The summed E-state index contributed by atoms with van der Waals surface area (Å²) in [6, 6.07) is 4.61. The Hall–Kier alpha value is -1.02. The van der Waals surface area contributed by atoms with Gasteiger partial charge >= 0.3 is 0 Å². The second-order valence-corrected chi connectivity index (χ2v) is 6.91. The number of fused-ring (bicyclic) bond motifs is 1. The van der Waals surface area contributed by atoms with E-state index in [0.29, 0.717) is 24.6 Å². The van der Waals surface area contributed by atoms with Crippen molar-refractivity contribution in [2.24, 2.45) is 5.73 Å². The molecule has 0 aromatic heterocycles. The highest BCUT2D eigenvalue weighted by atomic mass is 35.5. The molecule has 2 aliphatic heterocycles. The fourth-order valence-electron chi connectivity index (χ4n) is 2.70. The molecule has 0 saturated carbocycles. The van der Waals surface area contributed by atoms with E-state index in [1.165, 1.54) is 10.4 Å². The number of piperidine rings is 1. The lowest BCUT2D eigenvalue weighted by molar-refractivity contribution is 0.174. The summed E-state index contributed by atoms with van der Waals surface area (Å²) in [7, 11) is -3.53. The molecule has 6 nitrogen and oxygen atoms in total. The SMILES string of the molecule is Cl.NCC1CCCCN1S(=O)(=O)c1ccc2c(c1)OCO2. The van der Waals surface area contributed by atoms with Crippen molar-refractivity contribution in [3.8, 4) is 11.5 Å². The third-order valence-corrected chi connectivity index (χ3v) is 5.74. The molecule has 0 aliphatic carbocycles. The van der Waals surface area contributed by atoms with Crippen LogP contribution in [-0.2, 0) is 10.0 Å². The second kappa shape index (κ2) is 6.39. The molecule has 2 aliphatic rings. The smallest absolute Gasteiger partial charge is 0.243 e. The van der Waals surface area contributed by atoms with Crippen LogP contribution >= 0.6 is 12.4 Å². The number of hydrogen-bond acceptors (Lipinski definition) is 5. The number of nitrogens with two attached hydrogens (primary N) is 1. The van der Waals surface area contributed by atoms with Gasteiger partial charge in [0.25, 0.3) is 0 Å². The quantitative estimate of drug-likeness (QED) is 0.902. The molecule has 1 saturated heterocycles. The molecule has 1 aromatic rings. The summed E-state index contributed by atoms with van der Waals surface area (Å²) < 4.78 is 37.4. The Morgan fingerprint density at radius 2 is 2.00 bits per heavy atom. The first-order chi connectivity index (χ1) is 9.63. The van der Waals surface area contributed by atoms with E-state index in [0.717, 1.165) is 19.3 Å². The van der Waals surface area contributed by atoms with E-state index in [2.05, 4.69) is 0 Å². The highest BCUT2D eigenvalue weighted by Crippen LogP contribution is 2.35. The predicted molar refractivity (Wildman–Crippen MR) is 80.4 cm³/mol. The Balaban J connectivity index is 0.00000161. The number of hydrogen-bond donors (Lipinski definition) is 1. The number of benzene rings is 1. The average Bonchev–Trinajstić information content (AvgIpc) is 2.94. The maximum absolute atomic E-state index is 12.7. The van der Waals surface area contributed by atoms with Crippen molar-refractivity contribution in [2.75, 3.05) is 19.9 Å². The van der Waals surface area contributed by atoms with E-state index in [9.17, 15) is 8.42 Å². The van der Waals surface area contributed by atoms with E-state index in [-0.39, 0.29) is 30.1 Å². The average molecular weight is 335 g/mol. The molecule has 0 bridgehead atoms. The highest BCUT2D eigenvalue weighted by molar-refractivity contribution is 7.89. The molecule has 21 heavy (non-hydrogen) atoms. The van der Waals surface area contributed by atoms with Gasteiger partial charge in [-0.1, -0.05) is 6.42 Å². The molecule has 2 N–H and O–H groups in total. The summed E-state index contributed by atoms with van der Waals surface area (Å²) in [6.07, 6.45) is 2.72. The first kappa shape index (κ1) is 16.4. The Morgan fingerprint density at radius 1 is 1.24 bits per heavy atom. The molecular formula is C13H19ClN2O4S. The van der Waals surface area contributed by atoms with Gasteiger partial charge in [0.05, 0.1) is 4.90 Å². The molecular weight excluding hydrogens is 316 g/mol. The van der Waals surface area contributed by atoms with E-state index in [4.69, 9.17) is 15.2 Å². The number of sulfonamides is 1. The maximum Gasteiger partial charge on any atom is 0.243 e. The summed E-state index contributed by atoms with van der Waals surface area (Å²) >= 11 is 0. The van der Waals surface area contributed by atoms with Crippen LogP contribution < -0.4 is 15.2 Å². The van der Waals surface area contributed by atoms with Gasteiger partial charge in [0.15, 0.2) is 11.5 Å². The van der Waals surface area contributed by atoms with E-state index >= 15 is 0 Å². The van der Waals surface area contributed by atoms with Gasteiger partial charge < -0.3 is 15.2 Å². The number of halogens is 1. The number of nitrogens with zero attached hydrogens (tertiary/aromatic N) is 1. The molecule has 0 spiro atoms. The minimum Gasteiger partial charge on any atom is -0.454 e. The molecule has 1 aromatic carbocycles. The van der Waals surface area contributed by atoms with E-state index in [1.54, 1.807) is 12.1 Å². The van der Waals surface area contributed by atoms with E-state index < -0.39 is 10.0 Å². The summed E-state index contributed by atoms with van der Waals surface area (Å²) in [6.45, 7) is 1.01. The molecule has 118 valence electrons. The van der Waals surface area contributed by atoms with Gasteiger partial charge in [0.1, 0.15) is 0 Å². The van der Waals surface area contributed by atoms with Crippen LogP contribution in [0.25, 0.3) is 0 Å². The molecule has 3 rings (SSSR count). The van der Waals surface area contributed by atoms with Crippen LogP contribution in [0.15, 0.2) is 23.1 Å². The van der Waals surface area contributed by atoms with Crippen LogP contribution in [0, 0.1) is 0 Å². The summed E-state index contributed by atoms with van der Waals surface area (Å²) in [5.74, 6) is 1.06. The van der Waals surface area contributed by atoms with Crippen LogP contribution in [0.3, 0.4) is 0 Å². The lowest BCUT2D eigenvalue weighted by Crippen LogP contribution is -2.47. The molecule has 8 heteroatoms. The summed E-state index contributed by atoms with van der Waals surface area (Å²) in [5.41, 5.74) is 5.71. The first-order valence-corrected chi connectivity index (χ1v) is 8.18. The Morgan fingerprint density at radius 3 is 2.76 bits per heavy atom. The van der Waals surface area contributed by atoms with Gasteiger partial charge in [-0.3, -0.25) is 0 Å². The van der Waals surface area contributed by atoms with E-state index in [1.807, 2.05) is 0 Å². The van der Waals surface area contributed by atoms with Gasteiger partial charge in [-0.15, -0.1) is 12.4 Å². The fourth-order valence-corrected chi connectivity index (χ4v) is 4.42. The maximum atomic E-state index is 12.7. The van der Waals surface area contributed by atoms with Crippen molar-refractivity contribution in [3.63, 3.8) is 0 Å². The largest absolute Gasteiger partial charge is 0.454 e. The van der Waals surface area contributed by atoms with Gasteiger partial charge in [-0.2, -0.15) is 4.31 Å². The third-order valence-electron chi connectivity index (χ3n) is 3.80. The topological polar surface area (TPSA) is 81.9 Å². The van der Waals surface area contributed by atoms with Crippen molar-refractivity contribution >= 4 is 22.4 Å². The fraction of sp³-hybridized carbons (Fsp3) is 0.538. The van der Waals surface area contributed by atoms with Crippen LogP contribution in [0.4, 0.5) is 0 Å². The van der Waals surface area contributed by atoms with Crippen LogP contribution in [-0.4, -0.2) is 38.6 Å². The summed E-state index contributed by atoms with van der Waals surface area (Å²) in [4.78, 5) is 0.238. The minimum absolute atomic E-state index is 0. The van der Waals surface area contributed by atoms with Gasteiger partial charge in [0, 0.05) is 25.2 Å². The van der Waals surface area contributed by atoms with Gasteiger partial charge in [0.2, 0.25) is 16.8 Å². The van der Waals surface area contributed by atoms with Crippen molar-refractivity contribution in [1.29, 1.82) is 0 Å². The second-order valence-electron chi connectivity index (χ2n) is 5.02. The zero-order chi connectivity index (χ0) is 14.2. The normalized spacial score (nSPS) is 21.9. The van der Waals surface area contributed by atoms with Gasteiger partial charge in [-0.05, 0) is 25.0 Å². The number of ether oxygens (including phenoxy) is 2. The third kappa shape index (κ3) is 2.96. The first-order valence-electron chi connectivity index (χ1n) is 6.74. The predicted octanol–water partition coefficient (Wildman–Crippen LogP) is 1.34. The number of rotatable bonds is 3. The lowest BCUT2D eigenvalue weighted by Gasteiger charge is -2.33. The lowest BCUT2D eigenvalue weighted by atomic mass is 10.1. The zero-order valence-corrected chi connectivity index (χ0v) is 13.2. The monoisotopic (exact) mass is 334 g/mol. The zero-order valence-electron chi connectivity index (χ0n) is 11.5. The van der Waals surface area contributed by atoms with Crippen LogP contribution in [0.1, 0.15) is 19.3 Å². The molecule has 2 heterocycles. The Kier molecular flexibility index (Phi) is 4.98. The van der Waals surface area contributed by atoms with Crippen LogP contribution in [0.2, 0.25) is 0 Å². The summed E-state index contributed by atoms with van der Waals surface area (Å²) in [5, 5.41) is 0. The molecule has 0 radical (unpaired) electrons. The minimum atomic E-state index is -3.53. The van der Waals surface area contributed by atoms with Crippen molar-refractivity contribution in [3.05, 3.63) is 18.2 Å². The molecule has 1 fully saturated rings. The Labute approximate surface area is 130 Å². The van der Waals surface area contributed by atoms with Gasteiger partial charge in [-0.25, -0.2) is 8.42 Å². The Bertz CT molecular complexity index is 608. The van der Waals surface area contributed by atoms with Crippen molar-refractivity contribution < 1.29 is 17.9 Å². The molecule has 0 amide bonds. The molecule has 1 atom stereocenters. The highest BCUT2D eigenvalue weighted by Gasteiger charge is 2.33. The standard InChI is InChI=1S/C13H18N2O4S.ClH/c14-8-10-3-1-2-6-15(10)20(16,17)11-4-5-12-13(7-11)19-9-18-12;/h4-5,7,10H,1-3,6,8-9,14H2;1H. The molecule has 1 unspecified atom stereocenters.